The summed E-state index contributed by atoms with van der Waals surface area (Å²) in [6.07, 6.45) is 5.96. The molecule has 0 aliphatic heterocycles. The van der Waals surface area contributed by atoms with E-state index in [1.165, 1.54) is 7.11 Å². The van der Waals surface area contributed by atoms with E-state index in [1.54, 1.807) is 12.1 Å². The van der Waals surface area contributed by atoms with Gasteiger partial charge in [-0.15, -0.1) is 0 Å². The van der Waals surface area contributed by atoms with Crippen molar-refractivity contribution in [3.05, 3.63) is 104 Å². The number of nitrogens with zero attached hydrogens (tertiary/aromatic N) is 2. The highest BCUT2D eigenvalue weighted by atomic mass is 79.9. The third kappa shape index (κ3) is 6.75. The molecule has 0 radical (unpaired) electrons. The molecule has 0 amide bonds. The Labute approximate surface area is 222 Å². The smallest absolute Gasteiger partial charge is 0.343 e. The Morgan fingerprint density at radius 3 is 2.46 bits per heavy atom. The van der Waals surface area contributed by atoms with Crippen molar-refractivity contribution < 1.29 is 14.3 Å². The Morgan fingerprint density at radius 1 is 1.03 bits per heavy atom. The van der Waals surface area contributed by atoms with Crippen LogP contribution >= 0.6 is 39.1 Å². The van der Waals surface area contributed by atoms with E-state index < -0.39 is 5.97 Å². The van der Waals surface area contributed by atoms with E-state index in [4.69, 9.17) is 32.9 Å². The van der Waals surface area contributed by atoms with E-state index in [2.05, 4.69) is 25.2 Å². The lowest BCUT2D eigenvalue weighted by atomic mass is 10.2. The van der Waals surface area contributed by atoms with Gasteiger partial charge in [0.05, 0.1) is 17.8 Å². The highest BCUT2D eigenvalue weighted by Crippen LogP contribution is 2.30. The molecule has 1 heterocycles. The number of hydrogen-bond donors (Lipinski definition) is 0. The monoisotopic (exact) mass is 570 g/mol. The summed E-state index contributed by atoms with van der Waals surface area (Å²) < 4.78 is 13.1. The number of hydrogen-bond acceptors (Lipinski definition) is 4. The summed E-state index contributed by atoms with van der Waals surface area (Å²) >= 11 is 16.0. The second-order valence-electron chi connectivity index (χ2n) is 7.63. The number of carbonyl (C=O) groups is 1. The number of imidazole rings is 1. The first kappa shape index (κ1) is 25.0. The first-order valence-corrected chi connectivity index (χ1v) is 12.2. The van der Waals surface area contributed by atoms with Crippen molar-refractivity contribution in [1.82, 2.24) is 9.55 Å². The summed E-state index contributed by atoms with van der Waals surface area (Å²) in [5.74, 6) is 0.941. The fraction of sp³-hybridized carbons (Fsp3) is 0.111. The third-order valence-electron chi connectivity index (χ3n) is 5.17. The van der Waals surface area contributed by atoms with Gasteiger partial charge in [0.15, 0.2) is 6.61 Å². The maximum atomic E-state index is 11.3. The van der Waals surface area contributed by atoms with Crippen molar-refractivity contribution in [3.63, 3.8) is 0 Å². The molecule has 178 valence electrons. The number of halogens is 3. The number of esters is 1. The van der Waals surface area contributed by atoms with Crippen molar-refractivity contribution in [2.24, 2.45) is 0 Å². The molecular formula is C27H21BrCl2N2O3. The van der Waals surface area contributed by atoms with E-state index in [9.17, 15) is 4.79 Å². The normalized spacial score (nSPS) is 11.1. The van der Waals surface area contributed by atoms with Gasteiger partial charge in [0, 0.05) is 27.8 Å². The molecule has 0 saturated carbocycles. The largest absolute Gasteiger partial charge is 0.482 e. The molecule has 4 aromatic rings. The lowest BCUT2D eigenvalue weighted by Gasteiger charge is -2.08. The average Bonchev–Trinajstić information content (AvgIpc) is 3.25. The Morgan fingerprint density at radius 2 is 1.77 bits per heavy atom. The van der Waals surface area contributed by atoms with Crippen LogP contribution in [0.15, 0.2) is 77.4 Å². The zero-order valence-corrected chi connectivity index (χ0v) is 21.8. The van der Waals surface area contributed by atoms with E-state index >= 15 is 0 Å². The first-order valence-electron chi connectivity index (χ1n) is 10.7. The maximum absolute atomic E-state index is 11.3. The van der Waals surface area contributed by atoms with Crippen LogP contribution in [0.4, 0.5) is 0 Å². The minimum absolute atomic E-state index is 0.131. The number of rotatable bonds is 8. The van der Waals surface area contributed by atoms with Gasteiger partial charge in [-0.2, -0.15) is 0 Å². The quantitative estimate of drug-likeness (QED) is 0.207. The SMILES string of the molecule is COC(=O)COc1ccc(Cn2cc(-c3ccc(Cl)cc3Cl)nc2/C=C/c2ccc(Br)cc2)cc1. The highest BCUT2D eigenvalue weighted by molar-refractivity contribution is 9.10. The highest BCUT2D eigenvalue weighted by Gasteiger charge is 2.12. The van der Waals surface area contributed by atoms with Gasteiger partial charge < -0.3 is 14.0 Å². The fourth-order valence-corrected chi connectivity index (χ4v) is 4.12. The molecule has 0 aliphatic rings. The first-order chi connectivity index (χ1) is 16.9. The zero-order chi connectivity index (χ0) is 24.8. The molecule has 0 N–H and O–H groups in total. The number of ether oxygens (including phenoxy) is 2. The Balaban J connectivity index is 1.61. The lowest BCUT2D eigenvalue weighted by Crippen LogP contribution is -2.12. The van der Waals surface area contributed by atoms with E-state index in [-0.39, 0.29) is 6.61 Å². The van der Waals surface area contributed by atoms with Crippen LogP contribution in [-0.4, -0.2) is 29.2 Å². The van der Waals surface area contributed by atoms with Gasteiger partial charge in [-0.1, -0.05) is 69.5 Å². The average molecular weight is 572 g/mol. The molecule has 0 aliphatic carbocycles. The molecule has 0 atom stereocenters. The van der Waals surface area contributed by atoms with Crippen LogP contribution in [0.25, 0.3) is 23.4 Å². The fourth-order valence-electron chi connectivity index (χ4n) is 3.35. The van der Waals surface area contributed by atoms with Crippen LogP contribution in [0, 0.1) is 0 Å². The molecule has 5 nitrogen and oxygen atoms in total. The minimum atomic E-state index is -0.428. The third-order valence-corrected chi connectivity index (χ3v) is 6.25. The van der Waals surface area contributed by atoms with Gasteiger partial charge in [-0.05, 0) is 59.7 Å². The number of carbonyl (C=O) groups excluding carboxylic acids is 1. The van der Waals surface area contributed by atoms with Gasteiger partial charge >= 0.3 is 5.97 Å². The lowest BCUT2D eigenvalue weighted by molar-refractivity contribution is -0.142. The zero-order valence-electron chi connectivity index (χ0n) is 18.8. The van der Waals surface area contributed by atoms with Gasteiger partial charge in [0.25, 0.3) is 0 Å². The maximum Gasteiger partial charge on any atom is 0.343 e. The Bertz CT molecular complexity index is 1350. The van der Waals surface area contributed by atoms with E-state index in [0.717, 1.165) is 32.7 Å². The topological polar surface area (TPSA) is 53.4 Å². The minimum Gasteiger partial charge on any atom is -0.482 e. The molecule has 4 rings (SSSR count). The second-order valence-corrected chi connectivity index (χ2v) is 9.39. The van der Waals surface area contributed by atoms with E-state index in [0.29, 0.717) is 22.3 Å². The molecular weight excluding hydrogens is 551 g/mol. The molecule has 0 saturated heterocycles. The van der Waals surface area contributed by atoms with Crippen molar-refractivity contribution in [1.29, 1.82) is 0 Å². The summed E-state index contributed by atoms with van der Waals surface area (Å²) in [5.41, 5.74) is 3.65. The van der Waals surface area contributed by atoms with Crippen LogP contribution in [0.2, 0.25) is 10.0 Å². The van der Waals surface area contributed by atoms with Crippen LogP contribution < -0.4 is 4.74 Å². The molecule has 3 aromatic carbocycles. The van der Waals surface area contributed by atoms with Crippen molar-refractivity contribution in [2.45, 2.75) is 6.54 Å². The predicted octanol–water partition coefficient (Wildman–Crippen LogP) is 7.39. The summed E-state index contributed by atoms with van der Waals surface area (Å²) in [4.78, 5) is 16.1. The Hall–Kier alpha value is -3.06. The molecule has 8 heteroatoms. The molecule has 1 aromatic heterocycles. The van der Waals surface area contributed by atoms with Gasteiger partial charge in [-0.3, -0.25) is 0 Å². The van der Waals surface area contributed by atoms with Crippen molar-refractivity contribution in [2.75, 3.05) is 13.7 Å². The molecule has 0 fully saturated rings. The summed E-state index contributed by atoms with van der Waals surface area (Å²) in [7, 11) is 1.33. The summed E-state index contributed by atoms with van der Waals surface area (Å²) in [6.45, 7) is 0.448. The van der Waals surface area contributed by atoms with Crippen molar-refractivity contribution in [3.8, 4) is 17.0 Å². The van der Waals surface area contributed by atoms with Gasteiger partial charge in [0.2, 0.25) is 0 Å². The number of methoxy groups -OCH3 is 1. The second kappa shape index (κ2) is 11.6. The standard InChI is InChI=1S/C27H21BrCl2N2O3/c1-34-27(33)17-35-22-10-4-19(5-11-22)15-32-16-25(23-12-9-21(29)14-24(23)30)31-26(32)13-6-18-2-7-20(28)8-3-18/h2-14,16H,15,17H2,1H3/b13-6+. The van der Waals surface area contributed by atoms with E-state index in [1.807, 2.05) is 72.9 Å². The predicted molar refractivity (Wildman–Crippen MR) is 144 cm³/mol. The van der Waals surface area contributed by atoms with Crippen LogP contribution in [-0.2, 0) is 16.1 Å². The summed E-state index contributed by atoms with van der Waals surface area (Å²) in [6, 6.07) is 21.0. The van der Waals surface area contributed by atoms with Crippen LogP contribution in [0.1, 0.15) is 17.0 Å². The number of benzene rings is 3. The van der Waals surface area contributed by atoms with Gasteiger partial charge in [0.1, 0.15) is 11.6 Å². The van der Waals surface area contributed by atoms with Crippen LogP contribution in [0.5, 0.6) is 5.75 Å². The van der Waals surface area contributed by atoms with Crippen LogP contribution in [0.3, 0.4) is 0 Å². The molecule has 0 spiro atoms. The summed E-state index contributed by atoms with van der Waals surface area (Å²) in [5, 5.41) is 1.11. The molecule has 35 heavy (non-hydrogen) atoms. The Kier molecular flexibility index (Phi) is 8.29. The van der Waals surface area contributed by atoms with Gasteiger partial charge in [-0.25, -0.2) is 9.78 Å². The number of aromatic nitrogens is 2. The molecule has 0 bridgehead atoms. The van der Waals surface area contributed by atoms with Crippen molar-refractivity contribution >= 4 is 57.3 Å². The molecule has 0 unspecified atom stereocenters.